The number of aromatic nitrogens is 3. The van der Waals surface area contributed by atoms with Crippen molar-refractivity contribution >= 4 is 35.0 Å². The highest BCUT2D eigenvalue weighted by atomic mass is 32.2. The lowest BCUT2D eigenvalue weighted by atomic mass is 9.96. The van der Waals surface area contributed by atoms with Gasteiger partial charge in [-0.05, 0) is 38.1 Å². The molecule has 0 aliphatic carbocycles. The fraction of sp³-hybridized carbons (Fsp3) is 0.273. The van der Waals surface area contributed by atoms with Crippen LogP contribution in [0.4, 0.5) is 11.4 Å². The number of carbonyl (C=O) groups is 2. The summed E-state index contributed by atoms with van der Waals surface area (Å²) in [5.41, 5.74) is 1.13. The van der Waals surface area contributed by atoms with E-state index < -0.39 is 5.54 Å². The Morgan fingerprint density at radius 2 is 1.84 bits per heavy atom. The van der Waals surface area contributed by atoms with Crippen LogP contribution in [0.2, 0.25) is 0 Å². The fourth-order valence-electron chi connectivity index (χ4n) is 3.59. The molecule has 9 heteroatoms. The third-order valence-corrected chi connectivity index (χ3v) is 6.27. The highest BCUT2D eigenvalue weighted by Gasteiger charge is 2.43. The molecule has 2 heterocycles. The van der Waals surface area contributed by atoms with Crippen molar-refractivity contribution in [2.45, 2.75) is 24.5 Å². The van der Waals surface area contributed by atoms with Crippen molar-refractivity contribution in [3.8, 4) is 17.1 Å². The molecule has 0 unspecified atom stereocenters. The van der Waals surface area contributed by atoms with Crippen LogP contribution >= 0.6 is 11.8 Å². The summed E-state index contributed by atoms with van der Waals surface area (Å²) >= 11 is 1.28. The molecule has 4 rings (SSSR count). The molecule has 0 saturated heterocycles. The molecule has 0 fully saturated rings. The van der Waals surface area contributed by atoms with E-state index in [9.17, 15) is 9.59 Å². The fourth-order valence-corrected chi connectivity index (χ4v) is 4.35. The van der Waals surface area contributed by atoms with Crippen LogP contribution < -0.4 is 15.0 Å². The lowest BCUT2D eigenvalue weighted by molar-refractivity contribution is -0.125. The highest BCUT2D eigenvalue weighted by Crippen LogP contribution is 2.37. The van der Waals surface area contributed by atoms with E-state index in [0.717, 1.165) is 5.56 Å². The number of methoxy groups -OCH3 is 1. The summed E-state index contributed by atoms with van der Waals surface area (Å²) in [5, 5.41) is 12.0. The van der Waals surface area contributed by atoms with Gasteiger partial charge in [0, 0.05) is 7.05 Å². The largest absolute Gasteiger partial charge is 0.496 e. The van der Waals surface area contributed by atoms with Gasteiger partial charge in [0.15, 0.2) is 11.0 Å². The third kappa shape index (κ3) is 3.65. The number of hydrogen-bond acceptors (Lipinski definition) is 6. The predicted octanol–water partition coefficient (Wildman–Crippen LogP) is 3.35. The van der Waals surface area contributed by atoms with Crippen molar-refractivity contribution in [3.05, 3.63) is 48.5 Å². The SMILES string of the molecule is COc1ccccc1-c1nnc(SCC(=O)N2c3ccccc3NC(=O)C2(C)C)n1C. The second-order valence-electron chi connectivity index (χ2n) is 7.61. The van der Waals surface area contributed by atoms with E-state index in [1.54, 1.807) is 31.9 Å². The molecule has 1 aromatic heterocycles. The third-order valence-electron chi connectivity index (χ3n) is 5.26. The standard InChI is InChI=1S/C22H23N5O3S/c1-22(2)20(29)23-15-10-6-7-11-16(15)27(22)18(28)13-31-21-25-24-19(26(21)3)14-9-5-8-12-17(14)30-4/h5-12H,13H2,1-4H3,(H,23,29). The number of para-hydroxylation sites is 3. The molecular weight excluding hydrogens is 414 g/mol. The van der Waals surface area contributed by atoms with Crippen LogP contribution in [0.15, 0.2) is 53.7 Å². The van der Waals surface area contributed by atoms with E-state index in [2.05, 4.69) is 15.5 Å². The lowest BCUT2D eigenvalue weighted by Gasteiger charge is -2.42. The van der Waals surface area contributed by atoms with Crippen LogP contribution in [0.5, 0.6) is 5.75 Å². The molecule has 8 nitrogen and oxygen atoms in total. The Labute approximate surface area is 184 Å². The zero-order valence-electron chi connectivity index (χ0n) is 17.7. The van der Waals surface area contributed by atoms with Crippen LogP contribution in [-0.2, 0) is 16.6 Å². The number of benzene rings is 2. The Kier molecular flexibility index (Phi) is 5.45. The molecule has 1 N–H and O–H groups in total. The zero-order valence-corrected chi connectivity index (χ0v) is 18.6. The van der Waals surface area contributed by atoms with Gasteiger partial charge in [0.25, 0.3) is 0 Å². The number of nitrogens with zero attached hydrogens (tertiary/aromatic N) is 4. The number of carbonyl (C=O) groups excluding carboxylic acids is 2. The molecule has 0 radical (unpaired) electrons. The van der Waals surface area contributed by atoms with Crippen LogP contribution in [0.3, 0.4) is 0 Å². The van der Waals surface area contributed by atoms with Crippen molar-refractivity contribution in [2.24, 2.45) is 7.05 Å². The van der Waals surface area contributed by atoms with Crippen molar-refractivity contribution in [3.63, 3.8) is 0 Å². The average Bonchev–Trinajstić information content (AvgIpc) is 3.12. The number of hydrogen-bond donors (Lipinski definition) is 1. The average molecular weight is 438 g/mol. The van der Waals surface area contributed by atoms with Crippen molar-refractivity contribution < 1.29 is 14.3 Å². The Bertz CT molecular complexity index is 1160. The van der Waals surface area contributed by atoms with Gasteiger partial charge in [-0.15, -0.1) is 10.2 Å². The van der Waals surface area contributed by atoms with E-state index in [1.165, 1.54) is 11.8 Å². The summed E-state index contributed by atoms with van der Waals surface area (Å²) in [6, 6.07) is 14.9. The summed E-state index contributed by atoms with van der Waals surface area (Å²) in [5.74, 6) is 1.06. The van der Waals surface area contributed by atoms with Gasteiger partial charge in [0.1, 0.15) is 11.3 Å². The first-order valence-electron chi connectivity index (χ1n) is 9.73. The second-order valence-corrected chi connectivity index (χ2v) is 8.56. The summed E-state index contributed by atoms with van der Waals surface area (Å²) in [6.07, 6.45) is 0. The maximum atomic E-state index is 13.2. The topological polar surface area (TPSA) is 89.4 Å². The quantitative estimate of drug-likeness (QED) is 0.616. The Hall–Kier alpha value is -3.33. The number of ether oxygens (including phenoxy) is 1. The number of nitrogens with one attached hydrogen (secondary N) is 1. The first kappa shape index (κ1) is 20.9. The van der Waals surface area contributed by atoms with Crippen LogP contribution in [0.1, 0.15) is 13.8 Å². The number of fused-ring (bicyclic) bond motifs is 1. The number of anilines is 2. The minimum absolute atomic E-state index is 0.114. The van der Waals surface area contributed by atoms with Gasteiger partial charge >= 0.3 is 0 Å². The zero-order chi connectivity index (χ0) is 22.2. The first-order chi connectivity index (χ1) is 14.8. The van der Waals surface area contributed by atoms with E-state index in [4.69, 9.17) is 4.74 Å². The molecule has 31 heavy (non-hydrogen) atoms. The second kappa shape index (κ2) is 8.07. The maximum Gasteiger partial charge on any atom is 0.250 e. The highest BCUT2D eigenvalue weighted by molar-refractivity contribution is 7.99. The number of amides is 2. The normalized spacial score (nSPS) is 14.7. The van der Waals surface area contributed by atoms with Gasteiger partial charge in [0.2, 0.25) is 11.8 Å². The molecule has 0 atom stereocenters. The van der Waals surface area contributed by atoms with Gasteiger partial charge in [-0.25, -0.2) is 0 Å². The molecule has 3 aromatic rings. The Balaban J connectivity index is 1.57. The van der Waals surface area contributed by atoms with Crippen molar-refractivity contribution in [1.82, 2.24) is 14.8 Å². The van der Waals surface area contributed by atoms with Crippen LogP contribution in [-0.4, -0.2) is 45.0 Å². The van der Waals surface area contributed by atoms with Crippen molar-refractivity contribution in [2.75, 3.05) is 23.1 Å². The Morgan fingerprint density at radius 3 is 2.61 bits per heavy atom. The molecule has 0 spiro atoms. The monoisotopic (exact) mass is 437 g/mol. The van der Waals surface area contributed by atoms with E-state index in [-0.39, 0.29) is 17.6 Å². The van der Waals surface area contributed by atoms with Crippen LogP contribution in [0, 0.1) is 0 Å². The summed E-state index contributed by atoms with van der Waals surface area (Å²) in [4.78, 5) is 27.4. The predicted molar refractivity (Wildman–Crippen MR) is 120 cm³/mol. The summed E-state index contributed by atoms with van der Waals surface area (Å²) < 4.78 is 7.25. The van der Waals surface area contributed by atoms with E-state index in [0.29, 0.717) is 28.1 Å². The van der Waals surface area contributed by atoms with Crippen molar-refractivity contribution in [1.29, 1.82) is 0 Å². The van der Waals surface area contributed by atoms with Gasteiger partial charge in [-0.3, -0.25) is 14.5 Å². The maximum absolute atomic E-state index is 13.2. The van der Waals surface area contributed by atoms with Gasteiger partial charge in [-0.1, -0.05) is 36.0 Å². The molecule has 1 aliphatic rings. The van der Waals surface area contributed by atoms with Crippen LogP contribution in [0.25, 0.3) is 11.4 Å². The number of rotatable bonds is 5. The molecule has 160 valence electrons. The first-order valence-corrected chi connectivity index (χ1v) is 10.7. The lowest BCUT2D eigenvalue weighted by Crippen LogP contribution is -2.59. The molecule has 2 aromatic carbocycles. The molecule has 2 amide bonds. The van der Waals surface area contributed by atoms with E-state index >= 15 is 0 Å². The van der Waals surface area contributed by atoms with E-state index in [1.807, 2.05) is 54.1 Å². The molecule has 0 saturated carbocycles. The smallest absolute Gasteiger partial charge is 0.250 e. The summed E-state index contributed by atoms with van der Waals surface area (Å²) in [6.45, 7) is 3.48. The minimum atomic E-state index is -1.01. The minimum Gasteiger partial charge on any atom is -0.496 e. The summed E-state index contributed by atoms with van der Waals surface area (Å²) in [7, 11) is 3.46. The van der Waals surface area contributed by atoms with Gasteiger partial charge < -0.3 is 14.6 Å². The number of thioether (sulfide) groups is 1. The van der Waals surface area contributed by atoms with Gasteiger partial charge in [-0.2, -0.15) is 0 Å². The molecule has 0 bridgehead atoms. The molecular formula is C22H23N5O3S. The molecule has 1 aliphatic heterocycles. The Morgan fingerprint density at radius 1 is 1.13 bits per heavy atom. The van der Waals surface area contributed by atoms with Gasteiger partial charge in [0.05, 0.1) is 29.8 Å².